The number of pyridine rings is 1. The molecule has 1 N–H and O–H groups in total. The Kier molecular flexibility index (Phi) is 4.66. The molecule has 0 radical (unpaired) electrons. The van der Waals surface area contributed by atoms with E-state index in [2.05, 4.69) is 27.8 Å². The second-order valence-corrected chi connectivity index (χ2v) is 5.23. The van der Waals surface area contributed by atoms with Crippen LogP contribution in [-0.2, 0) is 12.8 Å². The van der Waals surface area contributed by atoms with E-state index in [4.69, 9.17) is 0 Å². The van der Waals surface area contributed by atoms with Gasteiger partial charge in [-0.05, 0) is 40.0 Å². The monoisotopic (exact) mass is 323 g/mol. The van der Waals surface area contributed by atoms with Crippen LogP contribution in [0.5, 0.6) is 0 Å². The summed E-state index contributed by atoms with van der Waals surface area (Å²) in [4.78, 5) is 4.27. The van der Waals surface area contributed by atoms with E-state index in [1.54, 1.807) is 24.4 Å². The summed E-state index contributed by atoms with van der Waals surface area (Å²) in [5.41, 5.74) is 2.19. The van der Waals surface area contributed by atoms with Crippen molar-refractivity contribution in [1.29, 1.82) is 0 Å². The highest BCUT2D eigenvalue weighted by molar-refractivity contribution is 9.10. The third-order valence-corrected chi connectivity index (χ3v) is 3.65. The molecule has 0 fully saturated rings. The molecule has 1 aromatic carbocycles. The first-order chi connectivity index (χ1) is 9.11. The van der Waals surface area contributed by atoms with E-state index in [-0.39, 0.29) is 5.56 Å². The van der Waals surface area contributed by atoms with Gasteiger partial charge in [0.15, 0.2) is 0 Å². The van der Waals surface area contributed by atoms with E-state index in [0.717, 1.165) is 17.7 Å². The quantitative estimate of drug-likeness (QED) is 0.927. The Morgan fingerprint density at radius 2 is 2.11 bits per heavy atom. The highest BCUT2D eigenvalue weighted by atomic mass is 79.9. The molecule has 19 heavy (non-hydrogen) atoms. The van der Waals surface area contributed by atoms with Crippen LogP contribution in [0, 0.1) is 5.82 Å². The molecule has 2 aromatic rings. The lowest BCUT2D eigenvalue weighted by Crippen LogP contribution is -2.06. The second-order valence-electron chi connectivity index (χ2n) is 4.37. The minimum atomic E-state index is -0.891. The zero-order chi connectivity index (χ0) is 13.8. The number of benzene rings is 1. The SMILES string of the molecule is CCc1ccc(CC(O)c2cccc(Br)c2F)nc1. The number of rotatable bonds is 4. The van der Waals surface area contributed by atoms with E-state index in [0.29, 0.717) is 10.9 Å². The number of aromatic nitrogens is 1. The van der Waals surface area contributed by atoms with Crippen molar-refractivity contribution in [3.63, 3.8) is 0 Å². The topological polar surface area (TPSA) is 33.1 Å². The molecule has 0 amide bonds. The first-order valence-corrected chi connectivity index (χ1v) is 6.97. The maximum absolute atomic E-state index is 13.8. The Morgan fingerprint density at radius 3 is 2.74 bits per heavy atom. The van der Waals surface area contributed by atoms with Gasteiger partial charge in [-0.1, -0.05) is 25.1 Å². The van der Waals surface area contributed by atoms with Crippen molar-refractivity contribution < 1.29 is 9.50 Å². The van der Waals surface area contributed by atoms with Gasteiger partial charge in [0, 0.05) is 23.9 Å². The fourth-order valence-corrected chi connectivity index (χ4v) is 2.25. The highest BCUT2D eigenvalue weighted by Gasteiger charge is 2.15. The molecule has 1 atom stereocenters. The average Bonchev–Trinajstić information content (AvgIpc) is 2.42. The lowest BCUT2D eigenvalue weighted by Gasteiger charge is -2.12. The second kappa shape index (κ2) is 6.26. The van der Waals surface area contributed by atoms with Crippen LogP contribution in [0.25, 0.3) is 0 Å². The third-order valence-electron chi connectivity index (χ3n) is 3.04. The lowest BCUT2D eigenvalue weighted by atomic mass is 10.0. The molecule has 0 aliphatic rings. The summed E-state index contributed by atoms with van der Waals surface area (Å²) in [7, 11) is 0. The van der Waals surface area contributed by atoms with Gasteiger partial charge in [-0.3, -0.25) is 4.98 Å². The Morgan fingerprint density at radius 1 is 1.32 bits per heavy atom. The molecule has 100 valence electrons. The minimum absolute atomic E-state index is 0.288. The lowest BCUT2D eigenvalue weighted by molar-refractivity contribution is 0.172. The molecule has 0 spiro atoms. The summed E-state index contributed by atoms with van der Waals surface area (Å²) in [6, 6.07) is 8.76. The predicted octanol–water partition coefficient (Wildman–Crippen LogP) is 3.82. The summed E-state index contributed by atoms with van der Waals surface area (Å²) in [5.74, 6) is -0.417. The van der Waals surface area contributed by atoms with Gasteiger partial charge >= 0.3 is 0 Å². The predicted molar refractivity (Wildman–Crippen MR) is 76.4 cm³/mol. The average molecular weight is 324 g/mol. The molecule has 1 heterocycles. The molecule has 0 bridgehead atoms. The first kappa shape index (κ1) is 14.2. The molecule has 0 saturated heterocycles. The van der Waals surface area contributed by atoms with Gasteiger partial charge in [-0.15, -0.1) is 0 Å². The Balaban J connectivity index is 2.15. The summed E-state index contributed by atoms with van der Waals surface area (Å²) < 4.78 is 14.2. The van der Waals surface area contributed by atoms with Crippen LogP contribution >= 0.6 is 15.9 Å². The summed E-state index contributed by atoms with van der Waals surface area (Å²) in [5, 5.41) is 10.1. The minimum Gasteiger partial charge on any atom is -0.388 e. The van der Waals surface area contributed by atoms with E-state index in [1.165, 1.54) is 0 Å². The van der Waals surface area contributed by atoms with Crippen molar-refractivity contribution in [3.8, 4) is 0 Å². The largest absolute Gasteiger partial charge is 0.388 e. The summed E-state index contributed by atoms with van der Waals surface area (Å²) in [6.45, 7) is 2.06. The van der Waals surface area contributed by atoms with Gasteiger partial charge in [-0.25, -0.2) is 4.39 Å². The number of aliphatic hydroxyl groups excluding tert-OH is 1. The van der Waals surface area contributed by atoms with Crippen LogP contribution in [-0.4, -0.2) is 10.1 Å². The van der Waals surface area contributed by atoms with Crippen LogP contribution in [0.15, 0.2) is 41.0 Å². The fraction of sp³-hybridized carbons (Fsp3) is 0.267. The fourth-order valence-electron chi connectivity index (χ4n) is 1.87. The third kappa shape index (κ3) is 3.39. The van der Waals surface area contributed by atoms with Crippen molar-refractivity contribution in [2.45, 2.75) is 25.9 Å². The van der Waals surface area contributed by atoms with Crippen molar-refractivity contribution >= 4 is 15.9 Å². The van der Waals surface area contributed by atoms with E-state index in [1.807, 2.05) is 12.1 Å². The van der Waals surface area contributed by atoms with Crippen LogP contribution in [0.4, 0.5) is 4.39 Å². The van der Waals surface area contributed by atoms with Crippen LogP contribution in [0.3, 0.4) is 0 Å². The smallest absolute Gasteiger partial charge is 0.143 e. The number of hydrogen-bond donors (Lipinski definition) is 1. The number of aliphatic hydroxyl groups is 1. The first-order valence-electron chi connectivity index (χ1n) is 6.17. The van der Waals surface area contributed by atoms with Crippen molar-refractivity contribution in [2.24, 2.45) is 0 Å². The summed E-state index contributed by atoms with van der Waals surface area (Å²) >= 11 is 3.12. The highest BCUT2D eigenvalue weighted by Crippen LogP contribution is 2.25. The van der Waals surface area contributed by atoms with Crippen LogP contribution in [0.1, 0.15) is 29.8 Å². The van der Waals surface area contributed by atoms with Gasteiger partial charge in [0.05, 0.1) is 10.6 Å². The molecule has 1 aromatic heterocycles. The molecule has 0 aliphatic heterocycles. The van der Waals surface area contributed by atoms with Crippen LogP contribution in [0.2, 0.25) is 0 Å². The normalized spacial score (nSPS) is 12.4. The van der Waals surface area contributed by atoms with Gasteiger partial charge in [0.2, 0.25) is 0 Å². The molecule has 0 aliphatic carbocycles. The zero-order valence-corrected chi connectivity index (χ0v) is 12.2. The van der Waals surface area contributed by atoms with Crippen molar-refractivity contribution in [3.05, 3.63) is 63.6 Å². The Labute approximate surface area is 120 Å². The summed E-state index contributed by atoms with van der Waals surface area (Å²) in [6.07, 6.45) is 2.13. The van der Waals surface area contributed by atoms with Gasteiger partial charge in [-0.2, -0.15) is 0 Å². The van der Waals surface area contributed by atoms with Crippen molar-refractivity contribution in [1.82, 2.24) is 4.98 Å². The standard InChI is InChI=1S/C15H15BrFNO/c1-2-10-6-7-11(18-9-10)8-14(19)12-4-3-5-13(16)15(12)17/h3-7,9,14,19H,2,8H2,1H3. The maximum Gasteiger partial charge on any atom is 0.143 e. The molecule has 2 nitrogen and oxygen atoms in total. The number of nitrogens with zero attached hydrogens (tertiary/aromatic N) is 1. The molecule has 4 heteroatoms. The van der Waals surface area contributed by atoms with Crippen molar-refractivity contribution in [2.75, 3.05) is 0 Å². The van der Waals surface area contributed by atoms with Gasteiger partial charge < -0.3 is 5.11 Å². The van der Waals surface area contributed by atoms with E-state index < -0.39 is 11.9 Å². The number of halogens is 2. The molecular formula is C15H15BrFNO. The van der Waals surface area contributed by atoms with Crippen LogP contribution < -0.4 is 0 Å². The Hall–Kier alpha value is -1.26. The maximum atomic E-state index is 13.8. The van der Waals surface area contributed by atoms with E-state index in [9.17, 15) is 9.50 Å². The molecule has 1 unspecified atom stereocenters. The van der Waals surface area contributed by atoms with Gasteiger partial charge in [0.25, 0.3) is 0 Å². The zero-order valence-electron chi connectivity index (χ0n) is 10.6. The van der Waals surface area contributed by atoms with Gasteiger partial charge in [0.1, 0.15) is 5.82 Å². The van der Waals surface area contributed by atoms with E-state index >= 15 is 0 Å². The number of aryl methyl sites for hydroxylation is 1. The molecule has 0 saturated carbocycles. The molecule has 2 rings (SSSR count). The number of hydrogen-bond acceptors (Lipinski definition) is 2. The Bertz CT molecular complexity index is 557. The molecular weight excluding hydrogens is 309 g/mol.